The van der Waals surface area contributed by atoms with Crippen LogP contribution in [0.5, 0.6) is 0 Å². The highest BCUT2D eigenvalue weighted by atomic mass is 32.1. The SMILES string of the molecule is CC(C)(C)OC(=O)NCC(=O)O.CC(C)(C)OC(=O)NCC(N)=S. The Kier molecular flexibility index (Phi) is 10.7. The topological polar surface area (TPSA) is 140 Å². The Labute approximate surface area is 147 Å². The number of carbonyl (C=O) groups excluding carboxylic acids is 2. The van der Waals surface area contributed by atoms with E-state index in [1.807, 2.05) is 0 Å². The minimum absolute atomic E-state index is 0.171. The monoisotopic (exact) mass is 365 g/mol. The summed E-state index contributed by atoms with van der Waals surface area (Å²) in [5.74, 6) is -1.10. The van der Waals surface area contributed by atoms with Crippen molar-refractivity contribution in [2.45, 2.75) is 52.7 Å². The summed E-state index contributed by atoms with van der Waals surface area (Å²) in [5, 5.41) is 12.7. The minimum atomic E-state index is -1.10. The number of nitrogens with two attached hydrogens (primary N) is 1. The number of carbonyl (C=O) groups is 3. The number of aliphatic carboxylic acids is 1. The van der Waals surface area contributed by atoms with Gasteiger partial charge in [-0.05, 0) is 41.5 Å². The Hall–Kier alpha value is -2.10. The summed E-state index contributed by atoms with van der Waals surface area (Å²) in [6.07, 6.45) is -1.22. The number of hydrogen-bond donors (Lipinski definition) is 4. The van der Waals surface area contributed by atoms with Gasteiger partial charge in [0, 0.05) is 0 Å². The van der Waals surface area contributed by atoms with Crippen LogP contribution in [-0.2, 0) is 14.3 Å². The number of ether oxygens (including phenoxy) is 2. The van der Waals surface area contributed by atoms with Gasteiger partial charge >= 0.3 is 18.2 Å². The number of carboxylic acid groups (broad SMARTS) is 1. The van der Waals surface area contributed by atoms with Crippen LogP contribution in [0.3, 0.4) is 0 Å². The van der Waals surface area contributed by atoms with Crippen molar-refractivity contribution in [3.63, 3.8) is 0 Å². The largest absolute Gasteiger partial charge is 0.480 e. The fourth-order valence-corrected chi connectivity index (χ4v) is 1.01. The van der Waals surface area contributed by atoms with Crippen LogP contribution in [-0.4, -0.2) is 52.5 Å². The first kappa shape index (κ1) is 24.2. The Bertz CT molecular complexity index is 412. The molecule has 2 amide bonds. The molecular weight excluding hydrogens is 338 g/mol. The van der Waals surface area contributed by atoms with E-state index in [1.54, 1.807) is 41.5 Å². The second-order valence-electron chi connectivity index (χ2n) is 6.57. The van der Waals surface area contributed by atoms with E-state index in [0.717, 1.165) is 0 Å². The molecule has 0 aliphatic rings. The van der Waals surface area contributed by atoms with E-state index >= 15 is 0 Å². The number of rotatable bonds is 4. The van der Waals surface area contributed by atoms with Crippen LogP contribution in [0, 0.1) is 0 Å². The van der Waals surface area contributed by atoms with Crippen molar-refractivity contribution >= 4 is 35.4 Å². The molecular formula is C14H27N3O6S. The molecule has 0 spiro atoms. The molecule has 0 aliphatic heterocycles. The quantitative estimate of drug-likeness (QED) is 0.548. The standard InChI is InChI=1S/C7H14N2O2S.C7H13NO4/c1-7(2,3)11-6(10)9-4-5(8)12;1-7(2,3)12-6(11)8-4-5(9)10/h4H2,1-3H3,(H2,8,12)(H,9,10);4H2,1-3H3,(H,8,11)(H,9,10). The lowest BCUT2D eigenvalue weighted by molar-refractivity contribution is -0.136. The molecule has 0 fully saturated rings. The van der Waals surface area contributed by atoms with E-state index in [1.165, 1.54) is 0 Å². The molecule has 9 nitrogen and oxygen atoms in total. The third kappa shape index (κ3) is 22.2. The lowest BCUT2D eigenvalue weighted by Crippen LogP contribution is -2.36. The summed E-state index contributed by atoms with van der Waals surface area (Å²) in [5.41, 5.74) is 4.09. The number of hydrogen-bond acceptors (Lipinski definition) is 6. The maximum Gasteiger partial charge on any atom is 0.408 e. The van der Waals surface area contributed by atoms with Crippen LogP contribution in [0.4, 0.5) is 9.59 Å². The third-order valence-corrected chi connectivity index (χ3v) is 1.73. The van der Waals surface area contributed by atoms with Gasteiger partial charge in [-0.15, -0.1) is 0 Å². The van der Waals surface area contributed by atoms with Crippen LogP contribution in [0.1, 0.15) is 41.5 Å². The van der Waals surface area contributed by atoms with Crippen molar-refractivity contribution in [1.82, 2.24) is 10.6 Å². The summed E-state index contributed by atoms with van der Waals surface area (Å²) < 4.78 is 9.70. The van der Waals surface area contributed by atoms with E-state index < -0.39 is 35.9 Å². The molecule has 0 aromatic rings. The second kappa shape index (κ2) is 10.6. The first-order chi connectivity index (χ1) is 10.6. The average molecular weight is 365 g/mol. The van der Waals surface area contributed by atoms with E-state index in [9.17, 15) is 14.4 Å². The van der Waals surface area contributed by atoms with Crippen LogP contribution in [0.2, 0.25) is 0 Å². The molecule has 0 bridgehead atoms. The summed E-state index contributed by atoms with van der Waals surface area (Å²) in [6, 6.07) is 0. The number of thiocarbonyl (C=S) groups is 1. The van der Waals surface area contributed by atoms with E-state index in [0.29, 0.717) is 0 Å². The van der Waals surface area contributed by atoms with Crippen LogP contribution >= 0.6 is 12.2 Å². The van der Waals surface area contributed by atoms with Crippen molar-refractivity contribution in [2.24, 2.45) is 5.73 Å². The molecule has 140 valence electrons. The molecule has 10 heteroatoms. The molecule has 0 heterocycles. The zero-order chi connectivity index (χ0) is 19.6. The molecule has 0 rings (SSSR count). The highest BCUT2D eigenvalue weighted by molar-refractivity contribution is 7.80. The Morgan fingerprint density at radius 2 is 1.25 bits per heavy atom. The lowest BCUT2D eigenvalue weighted by atomic mass is 10.2. The summed E-state index contributed by atoms with van der Waals surface area (Å²) in [4.78, 5) is 31.9. The van der Waals surface area contributed by atoms with Gasteiger partial charge in [-0.1, -0.05) is 12.2 Å². The molecule has 0 radical (unpaired) electrons. The van der Waals surface area contributed by atoms with Crippen molar-refractivity contribution in [3.8, 4) is 0 Å². The lowest BCUT2D eigenvalue weighted by Gasteiger charge is -2.19. The third-order valence-electron chi connectivity index (χ3n) is 1.59. The maximum atomic E-state index is 10.9. The molecule has 0 aromatic carbocycles. The van der Waals surface area contributed by atoms with Gasteiger partial charge in [0.2, 0.25) is 0 Å². The first-order valence-electron chi connectivity index (χ1n) is 7.06. The summed E-state index contributed by atoms with van der Waals surface area (Å²) in [7, 11) is 0. The first-order valence-corrected chi connectivity index (χ1v) is 7.47. The molecule has 0 saturated heterocycles. The fraction of sp³-hybridized carbons (Fsp3) is 0.714. The van der Waals surface area contributed by atoms with Crippen LogP contribution < -0.4 is 16.4 Å². The predicted molar refractivity (Wildman–Crippen MR) is 92.9 cm³/mol. The van der Waals surface area contributed by atoms with Crippen molar-refractivity contribution in [3.05, 3.63) is 0 Å². The average Bonchev–Trinajstić information content (AvgIpc) is 2.30. The minimum Gasteiger partial charge on any atom is -0.480 e. The van der Waals surface area contributed by atoms with E-state index in [4.69, 9.17) is 20.3 Å². The normalized spacial score (nSPS) is 10.6. The number of alkyl carbamates (subject to hydrolysis) is 2. The van der Waals surface area contributed by atoms with E-state index in [-0.39, 0.29) is 11.5 Å². The Morgan fingerprint density at radius 1 is 0.917 bits per heavy atom. The van der Waals surface area contributed by atoms with Gasteiger partial charge in [0.1, 0.15) is 17.7 Å². The summed E-state index contributed by atoms with van der Waals surface area (Å²) in [6.45, 7) is 10.2. The maximum absolute atomic E-state index is 10.9. The zero-order valence-electron chi connectivity index (χ0n) is 14.9. The van der Waals surface area contributed by atoms with Gasteiger partial charge < -0.3 is 30.9 Å². The van der Waals surface area contributed by atoms with Crippen molar-refractivity contribution in [1.29, 1.82) is 0 Å². The van der Waals surface area contributed by atoms with Gasteiger partial charge in [0.05, 0.1) is 11.5 Å². The van der Waals surface area contributed by atoms with Crippen LogP contribution in [0.15, 0.2) is 0 Å². The smallest absolute Gasteiger partial charge is 0.408 e. The molecule has 0 unspecified atom stereocenters. The van der Waals surface area contributed by atoms with Crippen molar-refractivity contribution < 1.29 is 29.0 Å². The molecule has 0 saturated carbocycles. The molecule has 0 aromatic heterocycles. The van der Waals surface area contributed by atoms with E-state index in [2.05, 4.69) is 22.9 Å². The molecule has 24 heavy (non-hydrogen) atoms. The Morgan fingerprint density at radius 3 is 1.50 bits per heavy atom. The van der Waals surface area contributed by atoms with Crippen molar-refractivity contribution in [2.75, 3.05) is 13.1 Å². The molecule has 0 aliphatic carbocycles. The zero-order valence-corrected chi connectivity index (χ0v) is 15.7. The summed E-state index contributed by atoms with van der Waals surface area (Å²) >= 11 is 4.56. The van der Waals surface area contributed by atoms with Gasteiger partial charge in [0.15, 0.2) is 0 Å². The highest BCUT2D eigenvalue weighted by Gasteiger charge is 2.16. The number of amides is 2. The van der Waals surface area contributed by atoms with Gasteiger partial charge in [-0.3, -0.25) is 4.79 Å². The van der Waals surface area contributed by atoms with Gasteiger partial charge in [-0.2, -0.15) is 0 Å². The predicted octanol–water partition coefficient (Wildman–Crippen LogP) is 1.39. The number of nitrogens with one attached hydrogen (secondary N) is 2. The number of carboxylic acids is 1. The second-order valence-corrected chi connectivity index (χ2v) is 7.10. The molecule has 5 N–H and O–H groups in total. The highest BCUT2D eigenvalue weighted by Crippen LogP contribution is 2.06. The van der Waals surface area contributed by atoms with Gasteiger partial charge in [0.25, 0.3) is 0 Å². The Balaban J connectivity index is 0. The fourth-order valence-electron chi connectivity index (χ4n) is 0.935. The van der Waals surface area contributed by atoms with Crippen LogP contribution in [0.25, 0.3) is 0 Å². The van der Waals surface area contributed by atoms with Gasteiger partial charge in [-0.25, -0.2) is 9.59 Å². The molecule has 0 atom stereocenters.